The molecule has 2 aromatic rings. The molecule has 33 heavy (non-hydrogen) atoms. The van der Waals surface area contributed by atoms with Crippen LogP contribution in [0, 0.1) is 17.7 Å². The highest BCUT2D eigenvalue weighted by atomic mass is 35.5. The van der Waals surface area contributed by atoms with E-state index in [1.807, 2.05) is 24.3 Å². The van der Waals surface area contributed by atoms with Crippen molar-refractivity contribution in [3.63, 3.8) is 0 Å². The summed E-state index contributed by atoms with van der Waals surface area (Å²) >= 11 is 5.96. The van der Waals surface area contributed by atoms with Crippen molar-refractivity contribution in [2.75, 3.05) is 13.0 Å². The molecule has 0 aromatic heterocycles. The van der Waals surface area contributed by atoms with Crippen molar-refractivity contribution in [2.24, 2.45) is 11.8 Å². The number of carbonyl (C=O) groups excluding carboxylic acids is 2. The van der Waals surface area contributed by atoms with Crippen LogP contribution in [-0.2, 0) is 16.1 Å². The van der Waals surface area contributed by atoms with Crippen LogP contribution >= 0.6 is 11.6 Å². The largest absolute Gasteiger partial charge is 0.497 e. The van der Waals surface area contributed by atoms with Crippen LogP contribution in [0.2, 0.25) is 0 Å². The number of benzene rings is 2. The monoisotopic (exact) mass is 474 g/mol. The topological polar surface area (TPSA) is 58.6 Å². The molecule has 0 saturated heterocycles. The number of methoxy groups -OCH3 is 1. The molecule has 0 bridgehead atoms. The van der Waals surface area contributed by atoms with E-state index in [1.54, 1.807) is 19.2 Å². The number of hydrogen-bond acceptors (Lipinski definition) is 3. The summed E-state index contributed by atoms with van der Waals surface area (Å²) in [6.45, 7) is 4.51. The van der Waals surface area contributed by atoms with E-state index in [-0.39, 0.29) is 30.3 Å². The highest BCUT2D eigenvalue weighted by molar-refractivity contribution is 6.27. The zero-order valence-electron chi connectivity index (χ0n) is 19.4. The van der Waals surface area contributed by atoms with E-state index in [0.29, 0.717) is 23.1 Å². The van der Waals surface area contributed by atoms with Gasteiger partial charge in [0.1, 0.15) is 23.5 Å². The van der Waals surface area contributed by atoms with Crippen molar-refractivity contribution in [3.05, 3.63) is 65.5 Å². The highest BCUT2D eigenvalue weighted by Gasteiger charge is 2.35. The third-order valence-electron chi connectivity index (χ3n) is 6.70. The molecule has 1 aliphatic carbocycles. The fourth-order valence-electron chi connectivity index (χ4n) is 4.53. The summed E-state index contributed by atoms with van der Waals surface area (Å²) in [6.07, 6.45) is 3.08. The Morgan fingerprint density at radius 3 is 2.58 bits per heavy atom. The van der Waals surface area contributed by atoms with Gasteiger partial charge in [0.15, 0.2) is 0 Å². The van der Waals surface area contributed by atoms with E-state index < -0.39 is 11.9 Å². The maximum atomic E-state index is 13.7. The van der Waals surface area contributed by atoms with Crippen LogP contribution in [0.15, 0.2) is 48.5 Å². The van der Waals surface area contributed by atoms with E-state index in [2.05, 4.69) is 19.2 Å². The molecular weight excluding hydrogens is 443 g/mol. The molecule has 5 nitrogen and oxygen atoms in total. The molecule has 1 aliphatic rings. The molecule has 178 valence electrons. The van der Waals surface area contributed by atoms with Gasteiger partial charge in [-0.25, -0.2) is 4.39 Å². The van der Waals surface area contributed by atoms with E-state index in [9.17, 15) is 14.0 Å². The number of rotatable bonds is 8. The Hall–Kier alpha value is -2.60. The minimum atomic E-state index is -0.938. The van der Waals surface area contributed by atoms with Gasteiger partial charge in [0.2, 0.25) is 11.8 Å². The third kappa shape index (κ3) is 6.26. The van der Waals surface area contributed by atoms with E-state index >= 15 is 0 Å². The molecule has 7 heteroatoms. The second-order valence-electron chi connectivity index (χ2n) is 8.84. The Labute approximate surface area is 200 Å². The van der Waals surface area contributed by atoms with Crippen molar-refractivity contribution >= 4 is 23.4 Å². The first-order valence-electron chi connectivity index (χ1n) is 11.4. The number of nitrogens with zero attached hydrogens (tertiary/aromatic N) is 1. The SMILES string of the molecule is COc1cccc(CN(C(=O)CCl)C(C(=O)NC2CCCC(C)C2C)c2ccc(F)cc2)c1. The first kappa shape index (κ1) is 25.0. The second kappa shape index (κ2) is 11.5. The van der Waals surface area contributed by atoms with Gasteiger partial charge in [0.05, 0.1) is 7.11 Å². The maximum Gasteiger partial charge on any atom is 0.247 e. The summed E-state index contributed by atoms with van der Waals surface area (Å²) in [5.41, 5.74) is 1.33. The average molecular weight is 475 g/mol. The summed E-state index contributed by atoms with van der Waals surface area (Å²) in [6, 6.07) is 12.1. The van der Waals surface area contributed by atoms with Gasteiger partial charge in [-0.2, -0.15) is 0 Å². The van der Waals surface area contributed by atoms with Crippen molar-refractivity contribution in [2.45, 2.75) is 51.7 Å². The Morgan fingerprint density at radius 2 is 1.91 bits per heavy atom. The fourth-order valence-corrected chi connectivity index (χ4v) is 4.69. The lowest BCUT2D eigenvalue weighted by Gasteiger charge is -2.37. The van der Waals surface area contributed by atoms with Crippen LogP contribution in [0.4, 0.5) is 4.39 Å². The van der Waals surface area contributed by atoms with Crippen LogP contribution in [0.25, 0.3) is 0 Å². The van der Waals surface area contributed by atoms with E-state index in [1.165, 1.54) is 17.0 Å². The molecule has 1 N–H and O–H groups in total. The third-order valence-corrected chi connectivity index (χ3v) is 6.93. The number of hydrogen-bond donors (Lipinski definition) is 1. The number of halogens is 2. The van der Waals surface area contributed by atoms with Crippen molar-refractivity contribution < 1.29 is 18.7 Å². The molecule has 2 aromatic carbocycles. The summed E-state index contributed by atoms with van der Waals surface area (Å²) in [5, 5.41) is 3.19. The van der Waals surface area contributed by atoms with Crippen LogP contribution in [0.1, 0.15) is 50.3 Å². The minimum Gasteiger partial charge on any atom is -0.497 e. The number of ether oxygens (including phenoxy) is 1. The summed E-state index contributed by atoms with van der Waals surface area (Å²) in [5.74, 6) is 0.140. The number of alkyl halides is 1. The normalized spacial score (nSPS) is 21.2. The van der Waals surface area contributed by atoms with Gasteiger partial charge in [0.25, 0.3) is 0 Å². The molecule has 4 atom stereocenters. The Morgan fingerprint density at radius 1 is 1.18 bits per heavy atom. The fraction of sp³-hybridized carbons (Fsp3) is 0.462. The highest BCUT2D eigenvalue weighted by Crippen LogP contribution is 2.31. The summed E-state index contributed by atoms with van der Waals surface area (Å²) < 4.78 is 19.0. The van der Waals surface area contributed by atoms with E-state index in [0.717, 1.165) is 24.8 Å². The molecule has 1 fully saturated rings. The lowest BCUT2D eigenvalue weighted by molar-refractivity contribution is -0.140. The number of amides is 2. The molecule has 0 radical (unpaired) electrons. The van der Waals surface area contributed by atoms with Crippen molar-refractivity contribution in [1.29, 1.82) is 0 Å². The van der Waals surface area contributed by atoms with E-state index in [4.69, 9.17) is 16.3 Å². The van der Waals surface area contributed by atoms with Crippen LogP contribution in [0.5, 0.6) is 5.75 Å². The van der Waals surface area contributed by atoms with Gasteiger partial charge in [-0.05, 0) is 53.6 Å². The zero-order chi connectivity index (χ0) is 24.0. The Kier molecular flexibility index (Phi) is 8.73. The minimum absolute atomic E-state index is 0.0222. The zero-order valence-corrected chi connectivity index (χ0v) is 20.1. The predicted molar refractivity (Wildman–Crippen MR) is 128 cm³/mol. The lowest BCUT2D eigenvalue weighted by atomic mass is 9.78. The van der Waals surface area contributed by atoms with Gasteiger partial charge in [-0.3, -0.25) is 9.59 Å². The summed E-state index contributed by atoms with van der Waals surface area (Å²) in [4.78, 5) is 28.1. The van der Waals surface area contributed by atoms with Crippen molar-refractivity contribution in [1.82, 2.24) is 10.2 Å². The van der Waals surface area contributed by atoms with Gasteiger partial charge < -0.3 is 15.0 Å². The second-order valence-corrected chi connectivity index (χ2v) is 9.11. The summed E-state index contributed by atoms with van der Waals surface area (Å²) in [7, 11) is 1.57. The molecule has 0 aliphatic heterocycles. The first-order chi connectivity index (χ1) is 15.8. The lowest BCUT2D eigenvalue weighted by Crippen LogP contribution is -2.50. The number of nitrogens with one attached hydrogen (secondary N) is 1. The Bertz CT molecular complexity index is 953. The Balaban J connectivity index is 1.96. The quantitative estimate of drug-likeness (QED) is 0.542. The molecule has 0 spiro atoms. The average Bonchev–Trinajstić information content (AvgIpc) is 2.82. The predicted octanol–water partition coefficient (Wildman–Crippen LogP) is 5.08. The maximum absolute atomic E-state index is 13.7. The molecular formula is C26H32ClFN2O3. The van der Waals surface area contributed by atoms with Crippen LogP contribution in [-0.4, -0.2) is 35.7 Å². The number of carbonyl (C=O) groups is 2. The molecule has 0 heterocycles. The van der Waals surface area contributed by atoms with Crippen LogP contribution < -0.4 is 10.1 Å². The molecule has 1 saturated carbocycles. The van der Waals surface area contributed by atoms with Crippen LogP contribution in [0.3, 0.4) is 0 Å². The van der Waals surface area contributed by atoms with Gasteiger partial charge in [-0.15, -0.1) is 11.6 Å². The first-order valence-corrected chi connectivity index (χ1v) is 11.9. The standard InChI is InChI=1S/C26H32ClFN2O3/c1-17-6-4-9-23(18(17)2)29-26(32)25(20-10-12-21(28)13-11-20)30(24(31)15-27)16-19-7-5-8-22(14-19)33-3/h5,7-8,10-14,17-18,23,25H,4,6,9,15-16H2,1-3H3,(H,29,32). The van der Waals surface area contributed by atoms with Gasteiger partial charge >= 0.3 is 0 Å². The van der Waals surface area contributed by atoms with Gasteiger partial charge in [0, 0.05) is 12.6 Å². The molecule has 3 rings (SSSR count). The van der Waals surface area contributed by atoms with Gasteiger partial charge in [-0.1, -0.05) is 51.0 Å². The van der Waals surface area contributed by atoms with Crippen molar-refractivity contribution in [3.8, 4) is 5.75 Å². The smallest absolute Gasteiger partial charge is 0.247 e. The molecule has 4 unspecified atom stereocenters. The molecule has 2 amide bonds.